The van der Waals surface area contributed by atoms with Gasteiger partial charge in [0, 0.05) is 30.3 Å². The second-order valence-electron chi connectivity index (χ2n) is 8.63. The number of benzene rings is 2. The van der Waals surface area contributed by atoms with Crippen LogP contribution >= 0.6 is 0 Å². The van der Waals surface area contributed by atoms with Crippen LogP contribution in [0.4, 0.5) is 4.79 Å². The Balaban J connectivity index is 1.43. The highest BCUT2D eigenvalue weighted by Gasteiger charge is 2.30. The van der Waals surface area contributed by atoms with Gasteiger partial charge in [0.05, 0.1) is 6.42 Å². The maximum absolute atomic E-state index is 13.0. The number of H-pyrrole nitrogens is 1. The van der Waals surface area contributed by atoms with Gasteiger partial charge in [0.2, 0.25) is 5.91 Å². The standard InChI is InChI=1S/C27H29N3O5/c1-2-17(15-25(31)32)29-26(33)24(14-18-8-7-13-28-18)30-27(34)35-16-23-21-11-5-3-9-19(21)20-10-4-6-12-22(20)23/h3-13,17,23-24,28H,2,14-16H2,1H3,(H,29,33)(H,30,34)(H,31,32). The normalized spacial score (nSPS) is 13.9. The Morgan fingerprint density at radius 3 is 2.20 bits per heavy atom. The first kappa shape index (κ1) is 24.1. The van der Waals surface area contributed by atoms with Crippen molar-refractivity contribution in [2.75, 3.05) is 6.61 Å². The molecule has 2 aromatic carbocycles. The summed E-state index contributed by atoms with van der Waals surface area (Å²) in [5.74, 6) is -1.55. The molecule has 1 aliphatic rings. The summed E-state index contributed by atoms with van der Waals surface area (Å²) < 4.78 is 5.60. The molecule has 1 heterocycles. The van der Waals surface area contributed by atoms with Gasteiger partial charge in [0.1, 0.15) is 12.6 Å². The molecule has 3 aromatic rings. The van der Waals surface area contributed by atoms with E-state index in [0.717, 1.165) is 27.9 Å². The minimum Gasteiger partial charge on any atom is -0.481 e. The number of rotatable bonds is 10. The zero-order chi connectivity index (χ0) is 24.8. The molecule has 4 N–H and O–H groups in total. The molecule has 2 amide bonds. The van der Waals surface area contributed by atoms with Gasteiger partial charge in [-0.05, 0) is 40.8 Å². The second-order valence-corrected chi connectivity index (χ2v) is 8.63. The molecular weight excluding hydrogens is 446 g/mol. The molecule has 2 atom stereocenters. The van der Waals surface area contributed by atoms with E-state index in [1.165, 1.54) is 0 Å². The van der Waals surface area contributed by atoms with Gasteiger partial charge in [-0.15, -0.1) is 0 Å². The van der Waals surface area contributed by atoms with Gasteiger partial charge in [0.25, 0.3) is 0 Å². The number of amides is 2. The summed E-state index contributed by atoms with van der Waals surface area (Å²) >= 11 is 0. The van der Waals surface area contributed by atoms with Crippen LogP contribution in [0.1, 0.15) is 42.5 Å². The van der Waals surface area contributed by atoms with Gasteiger partial charge in [0.15, 0.2) is 0 Å². The van der Waals surface area contributed by atoms with Crippen molar-refractivity contribution in [3.8, 4) is 11.1 Å². The van der Waals surface area contributed by atoms with E-state index in [2.05, 4.69) is 27.8 Å². The maximum atomic E-state index is 13.0. The van der Waals surface area contributed by atoms with E-state index in [1.807, 2.05) is 42.5 Å². The van der Waals surface area contributed by atoms with E-state index >= 15 is 0 Å². The Hall–Kier alpha value is -4.07. The molecule has 1 aromatic heterocycles. The zero-order valence-electron chi connectivity index (χ0n) is 19.5. The van der Waals surface area contributed by atoms with Crippen LogP contribution in [0.5, 0.6) is 0 Å². The molecule has 0 aliphatic heterocycles. The zero-order valence-corrected chi connectivity index (χ0v) is 19.5. The molecule has 0 radical (unpaired) electrons. The molecule has 0 saturated carbocycles. The van der Waals surface area contributed by atoms with Gasteiger partial charge >= 0.3 is 12.1 Å². The van der Waals surface area contributed by atoms with Crippen molar-refractivity contribution in [2.45, 2.75) is 44.2 Å². The Labute approximate surface area is 203 Å². The largest absolute Gasteiger partial charge is 0.481 e. The molecule has 0 saturated heterocycles. The predicted molar refractivity (Wildman–Crippen MR) is 131 cm³/mol. The van der Waals surface area contributed by atoms with E-state index in [1.54, 1.807) is 19.2 Å². The van der Waals surface area contributed by atoms with Crippen LogP contribution in [0, 0.1) is 0 Å². The highest BCUT2D eigenvalue weighted by Crippen LogP contribution is 2.44. The fourth-order valence-corrected chi connectivity index (χ4v) is 4.52. The van der Waals surface area contributed by atoms with E-state index in [0.29, 0.717) is 6.42 Å². The minimum absolute atomic E-state index is 0.0936. The molecule has 182 valence electrons. The van der Waals surface area contributed by atoms with Crippen LogP contribution in [-0.2, 0) is 20.7 Å². The third-order valence-electron chi connectivity index (χ3n) is 6.30. The average molecular weight is 476 g/mol. The number of carboxylic acid groups (broad SMARTS) is 1. The number of hydrogen-bond acceptors (Lipinski definition) is 4. The summed E-state index contributed by atoms with van der Waals surface area (Å²) in [6.07, 6.45) is 1.51. The third kappa shape index (κ3) is 5.71. The van der Waals surface area contributed by atoms with Crippen LogP contribution in [0.25, 0.3) is 11.1 Å². The Morgan fingerprint density at radius 2 is 1.63 bits per heavy atom. The molecule has 0 fully saturated rings. The fraction of sp³-hybridized carbons (Fsp3) is 0.296. The SMILES string of the molecule is CCC(CC(=O)O)NC(=O)C(Cc1ccc[nH]1)NC(=O)OCC1c2ccccc2-c2ccccc21. The molecule has 0 spiro atoms. The molecular formula is C27H29N3O5. The van der Waals surface area contributed by atoms with Crippen molar-refractivity contribution in [2.24, 2.45) is 0 Å². The lowest BCUT2D eigenvalue weighted by atomic mass is 9.98. The quantitative estimate of drug-likeness (QED) is 0.355. The molecule has 0 bridgehead atoms. The lowest BCUT2D eigenvalue weighted by molar-refractivity contribution is -0.137. The first-order valence-corrected chi connectivity index (χ1v) is 11.7. The summed E-state index contributed by atoms with van der Waals surface area (Å²) in [5.41, 5.74) is 5.22. The molecule has 4 rings (SSSR count). The third-order valence-corrected chi connectivity index (χ3v) is 6.30. The van der Waals surface area contributed by atoms with E-state index < -0.39 is 30.1 Å². The molecule has 2 unspecified atom stereocenters. The van der Waals surface area contributed by atoms with E-state index in [-0.39, 0.29) is 25.4 Å². The number of aromatic amines is 1. The van der Waals surface area contributed by atoms with Crippen LogP contribution in [0.2, 0.25) is 0 Å². The average Bonchev–Trinajstić information content (AvgIpc) is 3.47. The summed E-state index contributed by atoms with van der Waals surface area (Å²) in [6.45, 7) is 1.93. The number of alkyl carbamates (subject to hydrolysis) is 1. The van der Waals surface area contributed by atoms with E-state index in [9.17, 15) is 14.4 Å². The number of ether oxygens (including phenoxy) is 1. The topological polar surface area (TPSA) is 121 Å². The molecule has 35 heavy (non-hydrogen) atoms. The number of aliphatic carboxylic acids is 1. The van der Waals surface area contributed by atoms with Crippen molar-refractivity contribution in [3.05, 3.63) is 83.7 Å². The van der Waals surface area contributed by atoms with Gasteiger partial charge in [-0.3, -0.25) is 9.59 Å². The minimum atomic E-state index is -0.998. The number of hydrogen-bond donors (Lipinski definition) is 4. The van der Waals surface area contributed by atoms with Crippen molar-refractivity contribution >= 4 is 18.0 Å². The summed E-state index contributed by atoms with van der Waals surface area (Å²) in [4.78, 5) is 39.9. The summed E-state index contributed by atoms with van der Waals surface area (Å²) in [7, 11) is 0. The van der Waals surface area contributed by atoms with Crippen LogP contribution < -0.4 is 10.6 Å². The van der Waals surface area contributed by atoms with Crippen LogP contribution in [-0.4, -0.2) is 46.8 Å². The first-order chi connectivity index (χ1) is 17.0. The smallest absolute Gasteiger partial charge is 0.407 e. The van der Waals surface area contributed by atoms with Crippen molar-refractivity contribution < 1.29 is 24.2 Å². The highest BCUT2D eigenvalue weighted by molar-refractivity contribution is 5.86. The highest BCUT2D eigenvalue weighted by atomic mass is 16.5. The molecule has 8 nitrogen and oxygen atoms in total. The number of carboxylic acids is 1. The summed E-state index contributed by atoms with van der Waals surface area (Å²) in [5, 5.41) is 14.5. The number of carbonyl (C=O) groups is 3. The maximum Gasteiger partial charge on any atom is 0.407 e. The molecule has 1 aliphatic carbocycles. The lowest BCUT2D eigenvalue weighted by Gasteiger charge is -2.22. The predicted octanol–water partition coefficient (Wildman–Crippen LogP) is 3.83. The number of nitrogens with one attached hydrogen (secondary N) is 3. The van der Waals surface area contributed by atoms with Crippen LogP contribution in [0.15, 0.2) is 66.9 Å². The lowest BCUT2D eigenvalue weighted by Crippen LogP contribution is -2.51. The van der Waals surface area contributed by atoms with Crippen molar-refractivity contribution in [3.63, 3.8) is 0 Å². The first-order valence-electron chi connectivity index (χ1n) is 11.7. The second kappa shape index (κ2) is 10.9. The Kier molecular flexibility index (Phi) is 7.50. The van der Waals surface area contributed by atoms with Crippen molar-refractivity contribution in [1.82, 2.24) is 15.6 Å². The van der Waals surface area contributed by atoms with Gasteiger partial charge in [-0.1, -0.05) is 55.5 Å². The van der Waals surface area contributed by atoms with Crippen molar-refractivity contribution in [1.29, 1.82) is 0 Å². The van der Waals surface area contributed by atoms with E-state index in [4.69, 9.17) is 9.84 Å². The van der Waals surface area contributed by atoms with Gasteiger partial charge < -0.3 is 25.5 Å². The number of carbonyl (C=O) groups excluding carboxylic acids is 2. The number of fused-ring (bicyclic) bond motifs is 3. The van der Waals surface area contributed by atoms with Crippen LogP contribution in [0.3, 0.4) is 0 Å². The monoisotopic (exact) mass is 475 g/mol. The summed E-state index contributed by atoms with van der Waals surface area (Å²) in [6, 6.07) is 18.3. The van der Waals surface area contributed by atoms with Gasteiger partial charge in [-0.2, -0.15) is 0 Å². The number of aromatic nitrogens is 1. The molecule has 8 heteroatoms. The Bertz CT molecular complexity index is 1150. The fourth-order valence-electron chi connectivity index (χ4n) is 4.52. The van der Waals surface area contributed by atoms with Gasteiger partial charge in [-0.25, -0.2) is 4.79 Å². The Morgan fingerprint density at radius 1 is 0.971 bits per heavy atom.